The monoisotopic (exact) mass is 149 g/mol. The van der Waals surface area contributed by atoms with Crippen LogP contribution in [0.25, 0.3) is 0 Å². The van der Waals surface area contributed by atoms with Crippen molar-refractivity contribution in [2.75, 3.05) is 0 Å². The van der Waals surface area contributed by atoms with Crippen LogP contribution in [0.3, 0.4) is 0 Å². The van der Waals surface area contributed by atoms with Crippen LogP contribution in [0.15, 0.2) is 0 Å². The second-order valence-electron chi connectivity index (χ2n) is 0. The van der Waals surface area contributed by atoms with Crippen molar-refractivity contribution in [2.45, 2.75) is 13.8 Å². The van der Waals surface area contributed by atoms with Crippen molar-refractivity contribution < 1.29 is 32.7 Å². The van der Waals surface area contributed by atoms with E-state index in [9.17, 15) is 0 Å². The van der Waals surface area contributed by atoms with Crippen molar-refractivity contribution in [1.29, 1.82) is 0 Å². The molecule has 0 amide bonds. The van der Waals surface area contributed by atoms with Crippen LogP contribution in [-0.4, -0.2) is 0 Å². The quantitative estimate of drug-likeness (QED) is 0.461. The molecule has 0 spiro atoms. The molecule has 5 heavy (non-hydrogen) atoms. The molecular weight excluding hydrogens is 137 g/mol. The molecule has 0 unspecified atom stereocenters. The third-order valence-corrected chi connectivity index (χ3v) is 0. The molecule has 0 rings (SSSR count). The summed E-state index contributed by atoms with van der Waals surface area (Å²) in [5, 5.41) is 0. The molecule has 33 valence electrons. The Kier molecular flexibility index (Phi) is 507. The smallest absolute Gasteiger partial charge is 0 e. The first-order chi connectivity index (χ1) is 1.00. The van der Waals surface area contributed by atoms with Crippen LogP contribution in [0.5, 0.6) is 0 Å². The minimum Gasteiger partial charge on any atom is -0.358 e. The van der Waals surface area contributed by atoms with E-state index in [0.717, 1.165) is 0 Å². The minimum atomic E-state index is 0. The van der Waals surface area contributed by atoms with Gasteiger partial charge in [0.05, 0.1) is 0 Å². The average molecular weight is 149 g/mol. The fourth-order valence-corrected chi connectivity index (χ4v) is 0. The predicted octanol–water partition coefficient (Wildman–Crippen LogP) is 1.92. The van der Waals surface area contributed by atoms with E-state index in [0.29, 0.717) is 0 Å². The van der Waals surface area contributed by atoms with Gasteiger partial charge in [-0.3, -0.25) is 0 Å². The van der Waals surface area contributed by atoms with Gasteiger partial charge in [-0.2, -0.15) is 0 Å². The maximum absolute atomic E-state index is 2.00. The van der Waals surface area contributed by atoms with E-state index in [2.05, 4.69) is 0 Å². The van der Waals surface area contributed by atoms with Crippen LogP contribution in [-0.2, 0) is 32.7 Å². The SMILES string of the molecule is CC.[CH3-].[CH3-].[Y]. The van der Waals surface area contributed by atoms with Crippen LogP contribution < -0.4 is 0 Å². The van der Waals surface area contributed by atoms with Crippen LogP contribution in [0.2, 0.25) is 0 Å². The fourth-order valence-electron chi connectivity index (χ4n) is 0. The number of hydrogen-bond donors (Lipinski definition) is 0. The molecular formula is C4H12Y-2. The van der Waals surface area contributed by atoms with Gasteiger partial charge in [0.2, 0.25) is 0 Å². The van der Waals surface area contributed by atoms with Gasteiger partial charge in [-0.15, -0.1) is 0 Å². The van der Waals surface area contributed by atoms with Gasteiger partial charge < -0.3 is 14.9 Å². The molecule has 0 nitrogen and oxygen atoms in total. The first-order valence-corrected chi connectivity index (χ1v) is 1.00. The fraction of sp³-hybridized carbons (Fsp3) is 0.500. The van der Waals surface area contributed by atoms with Crippen molar-refractivity contribution in [3.05, 3.63) is 14.9 Å². The summed E-state index contributed by atoms with van der Waals surface area (Å²) in [6.45, 7) is 4.00. The third-order valence-electron chi connectivity index (χ3n) is 0. The first-order valence-electron chi connectivity index (χ1n) is 1.00. The molecule has 0 saturated carbocycles. The van der Waals surface area contributed by atoms with Gasteiger partial charge in [0.1, 0.15) is 0 Å². The Bertz CT molecular complexity index is 3.61. The van der Waals surface area contributed by atoms with Crippen molar-refractivity contribution in [1.82, 2.24) is 0 Å². The molecule has 1 heteroatoms. The molecule has 0 aliphatic carbocycles. The van der Waals surface area contributed by atoms with Gasteiger partial charge >= 0.3 is 0 Å². The Morgan fingerprint density at radius 1 is 0.800 bits per heavy atom. The maximum atomic E-state index is 2.00. The zero-order chi connectivity index (χ0) is 2.00. The van der Waals surface area contributed by atoms with Gasteiger partial charge in [-0.1, -0.05) is 13.8 Å². The van der Waals surface area contributed by atoms with Crippen LogP contribution in [0, 0.1) is 14.9 Å². The third kappa shape index (κ3) is 40.4. The molecule has 0 fully saturated rings. The van der Waals surface area contributed by atoms with Gasteiger partial charge in [0, 0.05) is 32.7 Å². The largest absolute Gasteiger partial charge is 0.358 e. The summed E-state index contributed by atoms with van der Waals surface area (Å²) in [5.41, 5.74) is 0. The van der Waals surface area contributed by atoms with Gasteiger partial charge in [0.25, 0.3) is 0 Å². The summed E-state index contributed by atoms with van der Waals surface area (Å²) < 4.78 is 0. The standard InChI is InChI=1S/C2H6.2CH3.Y/c1-2;;;/h1-2H3;2*1H3;/q;2*-1;. The van der Waals surface area contributed by atoms with Crippen molar-refractivity contribution in [3.8, 4) is 0 Å². The van der Waals surface area contributed by atoms with E-state index in [4.69, 9.17) is 0 Å². The Hall–Kier alpha value is 1.10. The van der Waals surface area contributed by atoms with Gasteiger partial charge in [0.15, 0.2) is 0 Å². The zero-order valence-electron chi connectivity index (χ0n) is 4.58. The Morgan fingerprint density at radius 2 is 0.800 bits per heavy atom. The second kappa shape index (κ2) is 70.5. The molecule has 1 radical (unpaired) electrons. The van der Waals surface area contributed by atoms with Gasteiger partial charge in [-0.05, 0) is 0 Å². The molecule has 0 aliphatic rings. The van der Waals surface area contributed by atoms with Crippen molar-refractivity contribution in [3.63, 3.8) is 0 Å². The number of rotatable bonds is 0. The van der Waals surface area contributed by atoms with Crippen LogP contribution in [0.1, 0.15) is 13.8 Å². The topological polar surface area (TPSA) is 0 Å². The van der Waals surface area contributed by atoms with E-state index in [1.165, 1.54) is 0 Å². The second-order valence-corrected chi connectivity index (χ2v) is 0. The predicted molar refractivity (Wildman–Crippen MR) is 24.2 cm³/mol. The summed E-state index contributed by atoms with van der Waals surface area (Å²) in [5.74, 6) is 0. The molecule has 0 aromatic carbocycles. The van der Waals surface area contributed by atoms with E-state index >= 15 is 0 Å². The Balaban J connectivity index is -0.00000000167. The molecule has 0 bridgehead atoms. The van der Waals surface area contributed by atoms with Crippen LogP contribution >= 0.6 is 0 Å². The van der Waals surface area contributed by atoms with E-state index in [1.54, 1.807) is 0 Å². The molecule has 0 saturated heterocycles. The Morgan fingerprint density at radius 3 is 0.800 bits per heavy atom. The minimum absolute atomic E-state index is 0. The van der Waals surface area contributed by atoms with Crippen LogP contribution in [0.4, 0.5) is 0 Å². The average Bonchev–Trinajstić information content (AvgIpc) is 1.00. The first kappa shape index (κ1) is 35.9. The summed E-state index contributed by atoms with van der Waals surface area (Å²) in [6, 6.07) is 0. The molecule has 0 heterocycles. The summed E-state index contributed by atoms with van der Waals surface area (Å²) in [4.78, 5) is 0. The normalized spacial score (nSPS) is 1.20. The zero-order valence-corrected chi connectivity index (χ0v) is 7.42. The summed E-state index contributed by atoms with van der Waals surface area (Å²) in [6.07, 6.45) is 0. The Labute approximate surface area is 61.2 Å². The molecule has 0 atom stereocenters. The molecule has 0 N–H and O–H groups in total. The van der Waals surface area contributed by atoms with E-state index < -0.39 is 0 Å². The maximum Gasteiger partial charge on any atom is 0 e. The number of hydrogen-bond acceptors (Lipinski definition) is 0. The molecule has 0 aromatic heterocycles. The summed E-state index contributed by atoms with van der Waals surface area (Å²) >= 11 is 0. The van der Waals surface area contributed by atoms with Crippen molar-refractivity contribution in [2.24, 2.45) is 0 Å². The summed E-state index contributed by atoms with van der Waals surface area (Å²) in [7, 11) is 0. The van der Waals surface area contributed by atoms with Crippen molar-refractivity contribution >= 4 is 0 Å². The molecule has 0 aromatic rings. The molecule has 0 aliphatic heterocycles. The van der Waals surface area contributed by atoms with E-state index in [1.807, 2.05) is 13.8 Å². The van der Waals surface area contributed by atoms with Gasteiger partial charge in [-0.25, -0.2) is 0 Å². The van der Waals surface area contributed by atoms with E-state index in [-0.39, 0.29) is 47.6 Å².